The standard InChI is InChI=1S/C29H38N4O6/c1-3-18(2)25(30)27(36)31-22(16-20-11-13-21(34)14-12-20)26(35)32-23(17-19-8-5-4-6-9-19)28(37)33-15-7-10-24(33)29(38)39/h4-6,8-9,11-14,18,22-25,34H,3,7,10,15-17,30H2,1-2H3,(H,31,36)(H,32,35)(H,38,39). The van der Waals surface area contributed by atoms with Crippen molar-refractivity contribution in [1.29, 1.82) is 0 Å². The van der Waals surface area contributed by atoms with Gasteiger partial charge < -0.3 is 31.5 Å². The minimum atomic E-state index is -1.08. The molecule has 3 rings (SSSR count). The highest BCUT2D eigenvalue weighted by molar-refractivity contribution is 5.94. The number of hydrogen-bond donors (Lipinski definition) is 5. The van der Waals surface area contributed by atoms with Gasteiger partial charge in [-0.25, -0.2) is 4.79 Å². The molecule has 210 valence electrons. The van der Waals surface area contributed by atoms with Crippen LogP contribution in [-0.4, -0.2) is 69.5 Å². The van der Waals surface area contributed by atoms with Crippen LogP contribution in [0.2, 0.25) is 0 Å². The first-order valence-corrected chi connectivity index (χ1v) is 13.3. The number of phenols is 1. The molecule has 5 atom stereocenters. The minimum Gasteiger partial charge on any atom is -0.508 e. The number of nitrogens with one attached hydrogen (secondary N) is 2. The van der Waals surface area contributed by atoms with Gasteiger partial charge >= 0.3 is 5.97 Å². The SMILES string of the molecule is CCC(C)C(N)C(=O)NC(Cc1ccc(O)cc1)C(=O)NC(Cc1ccccc1)C(=O)N1CCCC1C(=O)O. The number of nitrogens with zero attached hydrogens (tertiary/aromatic N) is 1. The molecule has 0 aromatic heterocycles. The Morgan fingerprint density at radius 2 is 1.54 bits per heavy atom. The summed E-state index contributed by atoms with van der Waals surface area (Å²) < 4.78 is 0. The van der Waals surface area contributed by atoms with E-state index < -0.39 is 47.9 Å². The number of carbonyl (C=O) groups excluding carboxylic acids is 3. The lowest BCUT2D eigenvalue weighted by molar-refractivity contribution is -0.149. The van der Waals surface area contributed by atoms with Gasteiger partial charge in [-0.2, -0.15) is 0 Å². The maximum atomic E-state index is 13.6. The van der Waals surface area contributed by atoms with Crippen LogP contribution in [0, 0.1) is 5.92 Å². The zero-order valence-electron chi connectivity index (χ0n) is 22.4. The monoisotopic (exact) mass is 538 g/mol. The summed E-state index contributed by atoms with van der Waals surface area (Å²) in [6, 6.07) is 11.5. The molecular formula is C29H38N4O6. The molecule has 39 heavy (non-hydrogen) atoms. The number of hydrogen-bond acceptors (Lipinski definition) is 6. The lowest BCUT2D eigenvalue weighted by Crippen LogP contribution is -2.58. The van der Waals surface area contributed by atoms with Crippen molar-refractivity contribution >= 4 is 23.7 Å². The number of rotatable bonds is 12. The average molecular weight is 539 g/mol. The van der Waals surface area contributed by atoms with Crippen LogP contribution >= 0.6 is 0 Å². The van der Waals surface area contributed by atoms with Gasteiger partial charge in [0.25, 0.3) is 0 Å². The van der Waals surface area contributed by atoms with E-state index in [1.54, 1.807) is 12.1 Å². The fourth-order valence-electron chi connectivity index (χ4n) is 4.67. The molecular weight excluding hydrogens is 500 g/mol. The van der Waals surface area contributed by atoms with Gasteiger partial charge in [0.15, 0.2) is 0 Å². The Labute approximate surface area is 228 Å². The van der Waals surface area contributed by atoms with Crippen molar-refractivity contribution in [2.75, 3.05) is 6.54 Å². The third-order valence-corrected chi connectivity index (χ3v) is 7.29. The zero-order valence-corrected chi connectivity index (χ0v) is 22.4. The molecule has 1 aliphatic rings. The minimum absolute atomic E-state index is 0.0645. The van der Waals surface area contributed by atoms with Crippen LogP contribution in [-0.2, 0) is 32.0 Å². The number of benzene rings is 2. The highest BCUT2D eigenvalue weighted by atomic mass is 16.4. The highest BCUT2D eigenvalue weighted by Crippen LogP contribution is 2.20. The first kappa shape index (κ1) is 29.6. The van der Waals surface area contributed by atoms with Gasteiger partial charge in [-0.15, -0.1) is 0 Å². The molecule has 6 N–H and O–H groups in total. The fraction of sp³-hybridized carbons (Fsp3) is 0.448. The number of aromatic hydroxyl groups is 1. The number of nitrogens with two attached hydrogens (primary N) is 1. The van der Waals surface area contributed by atoms with Crippen LogP contribution in [0.15, 0.2) is 54.6 Å². The van der Waals surface area contributed by atoms with Gasteiger partial charge in [-0.05, 0) is 42.0 Å². The number of likely N-dealkylation sites (tertiary alicyclic amines) is 1. The van der Waals surface area contributed by atoms with Crippen molar-refractivity contribution in [3.05, 3.63) is 65.7 Å². The summed E-state index contributed by atoms with van der Waals surface area (Å²) in [6.45, 7) is 4.05. The smallest absolute Gasteiger partial charge is 0.326 e. The summed E-state index contributed by atoms with van der Waals surface area (Å²) in [5, 5.41) is 24.8. The summed E-state index contributed by atoms with van der Waals surface area (Å²) in [6.07, 6.45) is 1.83. The molecule has 2 aromatic carbocycles. The van der Waals surface area contributed by atoms with E-state index in [1.807, 2.05) is 44.2 Å². The van der Waals surface area contributed by atoms with Crippen LogP contribution in [0.25, 0.3) is 0 Å². The Hall–Kier alpha value is -3.92. The number of carboxylic acid groups (broad SMARTS) is 1. The molecule has 1 heterocycles. The fourth-order valence-corrected chi connectivity index (χ4v) is 4.67. The third kappa shape index (κ3) is 8.03. The predicted molar refractivity (Wildman–Crippen MR) is 146 cm³/mol. The van der Waals surface area contributed by atoms with Crippen molar-refractivity contribution in [3.63, 3.8) is 0 Å². The first-order valence-electron chi connectivity index (χ1n) is 13.3. The Morgan fingerprint density at radius 3 is 2.15 bits per heavy atom. The summed E-state index contributed by atoms with van der Waals surface area (Å²) in [7, 11) is 0. The molecule has 0 spiro atoms. The number of amides is 3. The maximum absolute atomic E-state index is 13.6. The summed E-state index contributed by atoms with van der Waals surface area (Å²) >= 11 is 0. The van der Waals surface area contributed by atoms with Gasteiger partial charge in [0, 0.05) is 19.4 Å². The van der Waals surface area contributed by atoms with E-state index in [2.05, 4.69) is 10.6 Å². The van der Waals surface area contributed by atoms with Crippen LogP contribution in [0.1, 0.15) is 44.2 Å². The molecule has 1 aliphatic heterocycles. The first-order chi connectivity index (χ1) is 18.6. The lowest BCUT2D eigenvalue weighted by Gasteiger charge is -2.29. The van der Waals surface area contributed by atoms with Crippen LogP contribution in [0.3, 0.4) is 0 Å². The van der Waals surface area contributed by atoms with Gasteiger partial charge in [0.05, 0.1) is 6.04 Å². The second kappa shape index (κ2) is 13.7. The van der Waals surface area contributed by atoms with Crippen molar-refractivity contribution in [3.8, 4) is 5.75 Å². The van der Waals surface area contributed by atoms with Crippen LogP contribution in [0.4, 0.5) is 0 Å². The normalized spacial score (nSPS) is 18.0. The van der Waals surface area contributed by atoms with Gasteiger partial charge in [-0.1, -0.05) is 62.7 Å². The van der Waals surface area contributed by atoms with E-state index in [4.69, 9.17) is 5.73 Å². The maximum Gasteiger partial charge on any atom is 0.326 e. The molecule has 0 aliphatic carbocycles. The Morgan fingerprint density at radius 1 is 0.949 bits per heavy atom. The molecule has 10 nitrogen and oxygen atoms in total. The van der Waals surface area contributed by atoms with Crippen molar-refractivity contribution in [2.24, 2.45) is 11.7 Å². The average Bonchev–Trinajstić information content (AvgIpc) is 3.43. The quantitative estimate of drug-likeness (QED) is 0.274. The summed E-state index contributed by atoms with van der Waals surface area (Å²) in [5.41, 5.74) is 7.59. The predicted octanol–water partition coefficient (Wildman–Crippen LogP) is 1.60. The highest BCUT2D eigenvalue weighted by Gasteiger charge is 2.38. The Bertz CT molecular complexity index is 1140. The number of phenolic OH excluding ortho intramolecular Hbond substituents is 1. The number of carboxylic acids is 1. The summed E-state index contributed by atoms with van der Waals surface area (Å²) in [4.78, 5) is 53.2. The van der Waals surface area contributed by atoms with Gasteiger partial charge in [0.2, 0.25) is 17.7 Å². The van der Waals surface area contributed by atoms with E-state index in [1.165, 1.54) is 17.0 Å². The largest absolute Gasteiger partial charge is 0.508 e. The van der Waals surface area contributed by atoms with Crippen molar-refractivity contribution in [2.45, 2.75) is 70.1 Å². The van der Waals surface area contributed by atoms with Crippen LogP contribution in [0.5, 0.6) is 5.75 Å². The van der Waals surface area contributed by atoms with Crippen LogP contribution < -0.4 is 16.4 Å². The molecule has 10 heteroatoms. The summed E-state index contributed by atoms with van der Waals surface area (Å²) in [5.74, 6) is -2.69. The number of aliphatic carboxylic acids is 1. The molecule has 5 unspecified atom stereocenters. The van der Waals surface area contributed by atoms with Gasteiger partial charge in [-0.3, -0.25) is 14.4 Å². The Balaban J connectivity index is 1.87. The second-order valence-corrected chi connectivity index (χ2v) is 10.1. The van der Waals surface area contributed by atoms with E-state index in [-0.39, 0.29) is 31.1 Å². The topological polar surface area (TPSA) is 162 Å². The van der Waals surface area contributed by atoms with E-state index in [9.17, 15) is 29.4 Å². The van der Waals surface area contributed by atoms with Crippen molar-refractivity contribution in [1.82, 2.24) is 15.5 Å². The molecule has 3 amide bonds. The zero-order chi connectivity index (χ0) is 28.5. The molecule has 0 saturated carbocycles. The van der Waals surface area contributed by atoms with E-state index >= 15 is 0 Å². The van der Waals surface area contributed by atoms with Crippen molar-refractivity contribution < 1.29 is 29.4 Å². The molecule has 1 fully saturated rings. The molecule has 1 saturated heterocycles. The lowest BCUT2D eigenvalue weighted by atomic mass is 9.98. The number of carbonyl (C=O) groups is 4. The molecule has 2 aromatic rings. The molecule has 0 bridgehead atoms. The van der Waals surface area contributed by atoms with Gasteiger partial charge in [0.1, 0.15) is 23.9 Å². The van der Waals surface area contributed by atoms with E-state index in [0.29, 0.717) is 24.8 Å². The Kier molecular flexibility index (Phi) is 10.4. The second-order valence-electron chi connectivity index (χ2n) is 10.1. The molecule has 0 radical (unpaired) electrons. The third-order valence-electron chi connectivity index (χ3n) is 7.29. The van der Waals surface area contributed by atoms with E-state index in [0.717, 1.165) is 5.56 Å².